The van der Waals surface area contributed by atoms with Gasteiger partial charge in [0.1, 0.15) is 12.1 Å². The van der Waals surface area contributed by atoms with Gasteiger partial charge in [-0.1, -0.05) is 60.7 Å². The first kappa shape index (κ1) is 18.0. The summed E-state index contributed by atoms with van der Waals surface area (Å²) in [6.45, 7) is 0. The average molecular weight is 408 g/mol. The van der Waals surface area contributed by atoms with Gasteiger partial charge in [-0.15, -0.1) is 5.10 Å². The molecule has 6 nitrogen and oxygen atoms in total. The Morgan fingerprint density at radius 3 is 2.58 bits per heavy atom. The van der Waals surface area contributed by atoms with Crippen LogP contribution >= 0.6 is 0 Å². The molecule has 0 spiro atoms. The second-order valence-corrected chi connectivity index (χ2v) is 7.98. The van der Waals surface area contributed by atoms with E-state index in [0.717, 1.165) is 40.9 Å². The molecule has 0 amide bonds. The molecule has 2 aromatic carbocycles. The van der Waals surface area contributed by atoms with Crippen LogP contribution in [-0.2, 0) is 11.2 Å². The molecule has 0 N–H and O–H groups in total. The Labute approximate surface area is 179 Å². The average Bonchev–Trinajstić information content (AvgIpc) is 3.22. The van der Waals surface area contributed by atoms with Crippen molar-refractivity contribution in [1.82, 2.24) is 19.6 Å². The maximum Gasteiger partial charge on any atom is 0.228 e. The summed E-state index contributed by atoms with van der Waals surface area (Å²) in [6, 6.07) is 20.2. The van der Waals surface area contributed by atoms with Crippen LogP contribution in [0.4, 0.5) is 0 Å². The minimum atomic E-state index is -0.252. The van der Waals surface area contributed by atoms with Crippen molar-refractivity contribution in [2.75, 3.05) is 0 Å². The normalized spacial score (nSPS) is 17.9. The van der Waals surface area contributed by atoms with Crippen molar-refractivity contribution in [3.63, 3.8) is 0 Å². The molecule has 0 saturated heterocycles. The number of aromatic nitrogens is 4. The Hall–Kier alpha value is -3.80. The standard InChI is InChI=1S/C25H20N4O2/c30-18-12-7-13-19-22(18)21(17-10-5-2-6-11-17)23-24-27-20(14-16-8-3-1-4-9-16)28-29(24)15-26-25(23)31-19/h1-6,8-11,15,21H,7,12-14H2/t21-/m0/s1. The highest BCUT2D eigenvalue weighted by Gasteiger charge is 2.39. The molecule has 2 aliphatic rings. The van der Waals surface area contributed by atoms with Gasteiger partial charge in [-0.25, -0.2) is 14.5 Å². The van der Waals surface area contributed by atoms with E-state index in [-0.39, 0.29) is 11.7 Å². The fourth-order valence-corrected chi connectivity index (χ4v) is 4.59. The number of fused-ring (bicyclic) bond motifs is 3. The summed E-state index contributed by atoms with van der Waals surface area (Å²) in [6.07, 6.45) is 4.38. The third-order valence-corrected chi connectivity index (χ3v) is 5.97. The Kier molecular flexibility index (Phi) is 4.16. The Morgan fingerprint density at radius 1 is 1.00 bits per heavy atom. The minimum absolute atomic E-state index is 0.145. The van der Waals surface area contributed by atoms with Crippen LogP contribution in [0.15, 0.2) is 78.3 Å². The number of ether oxygens (including phenoxy) is 1. The van der Waals surface area contributed by atoms with Gasteiger partial charge >= 0.3 is 0 Å². The molecule has 1 atom stereocenters. The molecule has 1 aliphatic heterocycles. The zero-order chi connectivity index (χ0) is 20.8. The number of carbonyl (C=O) groups excluding carboxylic acids is 1. The summed E-state index contributed by atoms with van der Waals surface area (Å²) < 4.78 is 7.86. The minimum Gasteiger partial charge on any atom is -0.442 e. The van der Waals surface area contributed by atoms with Crippen molar-refractivity contribution in [2.24, 2.45) is 0 Å². The van der Waals surface area contributed by atoms with Gasteiger partial charge in [-0.05, 0) is 17.5 Å². The second kappa shape index (κ2) is 7.16. The van der Waals surface area contributed by atoms with E-state index in [2.05, 4.69) is 34.3 Å². The number of ketones is 1. The van der Waals surface area contributed by atoms with Gasteiger partial charge in [-0.3, -0.25) is 4.79 Å². The molecule has 1 aliphatic carbocycles. The number of rotatable bonds is 3. The van der Waals surface area contributed by atoms with Gasteiger partial charge in [0, 0.05) is 30.8 Å². The zero-order valence-corrected chi connectivity index (χ0v) is 16.9. The molecule has 6 rings (SSSR count). The van der Waals surface area contributed by atoms with E-state index in [1.807, 2.05) is 36.4 Å². The third-order valence-electron chi connectivity index (χ3n) is 5.97. The molecule has 0 unspecified atom stereocenters. The van der Waals surface area contributed by atoms with Crippen molar-refractivity contribution in [1.29, 1.82) is 0 Å². The molecule has 6 heteroatoms. The van der Waals surface area contributed by atoms with Crippen molar-refractivity contribution >= 4 is 11.4 Å². The molecule has 3 heterocycles. The zero-order valence-electron chi connectivity index (χ0n) is 16.9. The lowest BCUT2D eigenvalue weighted by atomic mass is 9.78. The van der Waals surface area contributed by atoms with Crippen LogP contribution in [0.1, 0.15) is 47.7 Å². The van der Waals surface area contributed by atoms with Crippen LogP contribution in [0.25, 0.3) is 5.65 Å². The van der Waals surface area contributed by atoms with Crippen LogP contribution < -0.4 is 4.74 Å². The summed E-state index contributed by atoms with van der Waals surface area (Å²) in [7, 11) is 0. The SMILES string of the molecule is O=C1CCCC2=C1[C@H](c1ccccc1)c1c(ncn3nc(Cc4ccccc4)nc13)O2. The van der Waals surface area contributed by atoms with E-state index in [0.29, 0.717) is 30.2 Å². The van der Waals surface area contributed by atoms with E-state index < -0.39 is 0 Å². The summed E-state index contributed by atoms with van der Waals surface area (Å²) in [5, 5.41) is 4.65. The predicted octanol–water partition coefficient (Wildman–Crippen LogP) is 4.25. The lowest BCUT2D eigenvalue weighted by molar-refractivity contribution is -0.116. The molecule has 2 aromatic heterocycles. The number of nitrogens with zero attached hydrogens (tertiary/aromatic N) is 4. The van der Waals surface area contributed by atoms with Gasteiger partial charge in [0.25, 0.3) is 0 Å². The first-order valence-electron chi connectivity index (χ1n) is 10.5. The molecule has 0 fully saturated rings. The largest absolute Gasteiger partial charge is 0.442 e. The lowest BCUT2D eigenvalue weighted by Crippen LogP contribution is -2.26. The molecule has 31 heavy (non-hydrogen) atoms. The van der Waals surface area contributed by atoms with Crippen molar-refractivity contribution in [3.8, 4) is 5.88 Å². The van der Waals surface area contributed by atoms with Crippen LogP contribution in [0.3, 0.4) is 0 Å². The molecule has 0 saturated carbocycles. The van der Waals surface area contributed by atoms with Crippen LogP contribution in [0, 0.1) is 0 Å². The second-order valence-electron chi connectivity index (χ2n) is 7.98. The Bertz CT molecular complexity index is 1330. The number of carbonyl (C=O) groups is 1. The quantitative estimate of drug-likeness (QED) is 0.507. The summed E-state index contributed by atoms with van der Waals surface area (Å²) in [5.41, 5.74) is 4.43. The van der Waals surface area contributed by atoms with Crippen LogP contribution in [0.5, 0.6) is 5.88 Å². The van der Waals surface area contributed by atoms with E-state index in [1.165, 1.54) is 0 Å². The third kappa shape index (κ3) is 3.03. The van der Waals surface area contributed by atoms with Gasteiger partial charge in [0.15, 0.2) is 17.3 Å². The summed E-state index contributed by atoms with van der Waals surface area (Å²) in [5.74, 6) is 1.87. The molecular weight excluding hydrogens is 388 g/mol. The topological polar surface area (TPSA) is 69.4 Å². The van der Waals surface area contributed by atoms with Crippen LogP contribution in [-0.4, -0.2) is 25.4 Å². The van der Waals surface area contributed by atoms with E-state index >= 15 is 0 Å². The van der Waals surface area contributed by atoms with Crippen molar-refractivity contribution in [2.45, 2.75) is 31.6 Å². The summed E-state index contributed by atoms with van der Waals surface area (Å²) in [4.78, 5) is 22.4. The summed E-state index contributed by atoms with van der Waals surface area (Å²) >= 11 is 0. The first-order valence-corrected chi connectivity index (χ1v) is 10.5. The number of Topliss-reactive ketones (excluding diaryl/α,β-unsaturated/α-hetero) is 1. The van der Waals surface area contributed by atoms with Gasteiger partial charge in [-0.2, -0.15) is 0 Å². The number of benzene rings is 2. The Morgan fingerprint density at radius 2 is 1.77 bits per heavy atom. The monoisotopic (exact) mass is 408 g/mol. The highest BCUT2D eigenvalue weighted by Crippen LogP contribution is 2.46. The molecule has 0 bridgehead atoms. The maximum absolute atomic E-state index is 13.0. The molecule has 4 aromatic rings. The number of hydrogen-bond donors (Lipinski definition) is 0. The molecular formula is C25H20N4O2. The van der Waals surface area contributed by atoms with Gasteiger partial charge in [0.05, 0.1) is 5.56 Å². The van der Waals surface area contributed by atoms with E-state index in [9.17, 15) is 4.79 Å². The predicted molar refractivity (Wildman–Crippen MR) is 115 cm³/mol. The Balaban J connectivity index is 1.54. The fraction of sp³-hybridized carbons (Fsp3) is 0.200. The maximum atomic E-state index is 13.0. The van der Waals surface area contributed by atoms with E-state index in [1.54, 1.807) is 10.8 Å². The van der Waals surface area contributed by atoms with Crippen molar-refractivity contribution in [3.05, 3.63) is 101 Å². The highest BCUT2D eigenvalue weighted by molar-refractivity contribution is 6.00. The van der Waals surface area contributed by atoms with E-state index in [4.69, 9.17) is 9.72 Å². The van der Waals surface area contributed by atoms with Gasteiger partial charge in [0.2, 0.25) is 5.88 Å². The highest BCUT2D eigenvalue weighted by atomic mass is 16.5. The molecule has 0 radical (unpaired) electrons. The first-order chi connectivity index (χ1) is 15.3. The lowest BCUT2D eigenvalue weighted by Gasteiger charge is -2.31. The van der Waals surface area contributed by atoms with Crippen LogP contribution in [0.2, 0.25) is 0 Å². The number of allylic oxidation sites excluding steroid dienone is 2. The smallest absolute Gasteiger partial charge is 0.228 e. The molecule has 152 valence electrons. The fourth-order valence-electron chi connectivity index (χ4n) is 4.59. The van der Waals surface area contributed by atoms with Gasteiger partial charge < -0.3 is 4.74 Å². The van der Waals surface area contributed by atoms with Crippen molar-refractivity contribution < 1.29 is 9.53 Å². The number of hydrogen-bond acceptors (Lipinski definition) is 5.